The first-order valence-electron chi connectivity index (χ1n) is 9.98. The lowest BCUT2D eigenvalue weighted by Crippen LogP contribution is -2.26. The van der Waals surface area contributed by atoms with Gasteiger partial charge in [-0.2, -0.15) is 19.1 Å². The van der Waals surface area contributed by atoms with E-state index in [1.807, 2.05) is 6.07 Å². The molecule has 0 unspecified atom stereocenters. The lowest BCUT2D eigenvalue weighted by molar-refractivity contribution is -0.158. The van der Waals surface area contributed by atoms with E-state index >= 15 is 0 Å². The zero-order chi connectivity index (χ0) is 23.6. The van der Waals surface area contributed by atoms with E-state index in [2.05, 4.69) is 15.2 Å². The molecule has 1 amide bonds. The van der Waals surface area contributed by atoms with Gasteiger partial charge in [0.1, 0.15) is 5.75 Å². The van der Waals surface area contributed by atoms with Gasteiger partial charge in [0.05, 0.1) is 23.3 Å². The Morgan fingerprint density at radius 1 is 1.21 bits per heavy atom. The van der Waals surface area contributed by atoms with E-state index in [-0.39, 0.29) is 23.8 Å². The summed E-state index contributed by atoms with van der Waals surface area (Å²) < 4.78 is 32.4. The van der Waals surface area contributed by atoms with Crippen molar-refractivity contribution in [1.29, 1.82) is 5.26 Å². The Labute approximate surface area is 188 Å². The normalized spacial score (nSPS) is 11.2. The Kier molecular flexibility index (Phi) is 5.75. The predicted octanol–water partition coefficient (Wildman–Crippen LogP) is 4.76. The molecule has 0 atom stereocenters. The number of halogens is 2. The molecule has 0 aliphatic carbocycles. The van der Waals surface area contributed by atoms with Crippen LogP contribution in [0, 0.1) is 11.3 Å². The van der Waals surface area contributed by atoms with Crippen LogP contribution < -0.4 is 4.74 Å². The van der Waals surface area contributed by atoms with Gasteiger partial charge < -0.3 is 9.64 Å². The monoisotopic (exact) mass is 447 g/mol. The summed E-state index contributed by atoms with van der Waals surface area (Å²) in [5, 5.41) is 16.9. The number of aromatic amines is 1. The maximum atomic E-state index is 13.8. The third-order valence-corrected chi connectivity index (χ3v) is 5.01. The molecular weight excluding hydrogens is 428 g/mol. The van der Waals surface area contributed by atoms with Gasteiger partial charge in [-0.25, -0.2) is 0 Å². The summed E-state index contributed by atoms with van der Waals surface area (Å²) in [7, 11) is 1.61. The third kappa shape index (κ3) is 4.80. The van der Waals surface area contributed by atoms with Gasteiger partial charge in [0.25, 0.3) is 5.91 Å². The molecule has 0 radical (unpaired) electrons. The van der Waals surface area contributed by atoms with E-state index < -0.39 is 6.11 Å². The van der Waals surface area contributed by atoms with Crippen molar-refractivity contribution in [2.45, 2.75) is 19.6 Å². The van der Waals surface area contributed by atoms with Crippen molar-refractivity contribution in [2.75, 3.05) is 7.05 Å². The molecule has 7 nitrogen and oxygen atoms in total. The second kappa shape index (κ2) is 8.67. The average molecular weight is 447 g/mol. The Balaban J connectivity index is 1.67. The molecule has 0 aliphatic rings. The van der Waals surface area contributed by atoms with E-state index in [0.29, 0.717) is 23.6 Å². The lowest BCUT2D eigenvalue weighted by atomic mass is 10.0. The smallest absolute Gasteiger partial charge is 0.394 e. The SMILES string of the molecule is CN(Cc1cncc2cn[nH]c12)C(=O)c1ccc(-c2cccc(C#N)c2)c(OC(C)(F)F)c1. The molecule has 33 heavy (non-hydrogen) atoms. The molecule has 2 aromatic carbocycles. The molecule has 0 spiro atoms. The first-order valence-corrected chi connectivity index (χ1v) is 9.98. The van der Waals surface area contributed by atoms with Crippen LogP contribution >= 0.6 is 0 Å². The largest absolute Gasteiger partial charge is 0.432 e. The number of H-pyrrole nitrogens is 1. The minimum absolute atomic E-state index is 0.158. The van der Waals surface area contributed by atoms with Crippen LogP contribution in [0.15, 0.2) is 61.1 Å². The third-order valence-electron chi connectivity index (χ3n) is 5.01. The number of alkyl halides is 2. The number of hydrogen-bond acceptors (Lipinski definition) is 5. The van der Waals surface area contributed by atoms with Gasteiger partial charge >= 0.3 is 6.11 Å². The van der Waals surface area contributed by atoms with Crippen molar-refractivity contribution in [3.8, 4) is 22.9 Å². The number of amides is 1. The van der Waals surface area contributed by atoms with E-state index in [1.54, 1.807) is 56.0 Å². The van der Waals surface area contributed by atoms with Gasteiger partial charge in [-0.1, -0.05) is 12.1 Å². The molecular formula is C24H19F2N5O2. The summed E-state index contributed by atoms with van der Waals surface area (Å²) in [6.45, 7) is 0.860. The van der Waals surface area contributed by atoms with E-state index in [1.165, 1.54) is 17.0 Å². The van der Waals surface area contributed by atoms with Crippen molar-refractivity contribution in [3.05, 3.63) is 77.7 Å². The molecule has 0 saturated carbocycles. The summed E-state index contributed by atoms with van der Waals surface area (Å²) >= 11 is 0. The molecule has 2 heterocycles. The number of ether oxygens (including phenoxy) is 1. The van der Waals surface area contributed by atoms with Crippen LogP contribution in [0.25, 0.3) is 22.0 Å². The Hall–Kier alpha value is -4.32. The number of rotatable bonds is 6. The first-order chi connectivity index (χ1) is 15.7. The van der Waals surface area contributed by atoms with E-state index in [0.717, 1.165) is 16.5 Å². The zero-order valence-electron chi connectivity index (χ0n) is 17.8. The fourth-order valence-corrected chi connectivity index (χ4v) is 3.52. The molecule has 0 fully saturated rings. The van der Waals surface area contributed by atoms with Crippen LogP contribution in [0.1, 0.15) is 28.4 Å². The molecule has 1 N–H and O–H groups in total. The molecule has 9 heteroatoms. The van der Waals surface area contributed by atoms with Crippen molar-refractivity contribution < 1.29 is 18.3 Å². The van der Waals surface area contributed by atoms with Crippen molar-refractivity contribution in [1.82, 2.24) is 20.1 Å². The maximum absolute atomic E-state index is 13.8. The first kappa shape index (κ1) is 21.9. The summed E-state index contributed by atoms with van der Waals surface area (Å²) in [4.78, 5) is 18.7. The summed E-state index contributed by atoms with van der Waals surface area (Å²) in [6, 6.07) is 12.9. The van der Waals surface area contributed by atoms with Gasteiger partial charge in [0.2, 0.25) is 0 Å². The van der Waals surface area contributed by atoms with Crippen LogP contribution in [0.2, 0.25) is 0 Å². The van der Waals surface area contributed by atoms with Crippen molar-refractivity contribution in [2.24, 2.45) is 0 Å². The molecule has 0 saturated heterocycles. The number of benzene rings is 2. The number of carbonyl (C=O) groups is 1. The maximum Gasteiger partial charge on any atom is 0.394 e. The van der Waals surface area contributed by atoms with Crippen LogP contribution in [0.5, 0.6) is 5.75 Å². The van der Waals surface area contributed by atoms with Crippen molar-refractivity contribution >= 4 is 16.8 Å². The lowest BCUT2D eigenvalue weighted by Gasteiger charge is -2.20. The number of aromatic nitrogens is 3. The number of nitrogens with one attached hydrogen (secondary N) is 1. The van der Waals surface area contributed by atoms with Crippen LogP contribution in [0.4, 0.5) is 8.78 Å². The zero-order valence-corrected chi connectivity index (χ0v) is 17.8. The standard InChI is InChI=1S/C24H19F2N5O2/c1-24(25,26)33-21-9-17(6-7-20(21)16-5-3-4-15(8-16)10-27)23(32)31(2)14-19-12-28-11-18-13-29-30-22(18)19/h3-9,11-13H,14H2,1-2H3,(H,29,30). The molecule has 2 aromatic heterocycles. The summed E-state index contributed by atoms with van der Waals surface area (Å²) in [5.41, 5.74) is 2.97. The summed E-state index contributed by atoms with van der Waals surface area (Å²) in [6.07, 6.45) is 1.49. The molecule has 4 rings (SSSR count). The highest BCUT2D eigenvalue weighted by atomic mass is 19.3. The second-order valence-electron chi connectivity index (χ2n) is 7.61. The Morgan fingerprint density at radius 3 is 2.79 bits per heavy atom. The van der Waals surface area contributed by atoms with Gasteiger partial charge in [-0.15, -0.1) is 0 Å². The average Bonchev–Trinajstić information content (AvgIpc) is 3.27. The molecule has 0 bridgehead atoms. The van der Waals surface area contributed by atoms with Gasteiger partial charge in [-0.05, 0) is 35.9 Å². The highest BCUT2D eigenvalue weighted by Gasteiger charge is 2.26. The van der Waals surface area contributed by atoms with Crippen molar-refractivity contribution in [3.63, 3.8) is 0 Å². The molecule has 166 valence electrons. The fourth-order valence-electron chi connectivity index (χ4n) is 3.52. The van der Waals surface area contributed by atoms with Gasteiger partial charge in [0.15, 0.2) is 0 Å². The quantitative estimate of drug-likeness (QED) is 0.460. The second-order valence-corrected chi connectivity index (χ2v) is 7.61. The van der Waals surface area contributed by atoms with E-state index in [4.69, 9.17) is 10.00 Å². The fraction of sp³-hybridized carbons (Fsp3) is 0.167. The number of pyridine rings is 1. The Morgan fingerprint density at radius 2 is 2.03 bits per heavy atom. The van der Waals surface area contributed by atoms with Gasteiger partial charge in [0, 0.05) is 55.0 Å². The number of nitrogens with zero attached hydrogens (tertiary/aromatic N) is 4. The topological polar surface area (TPSA) is 94.9 Å². The Bertz CT molecular complexity index is 1370. The minimum Gasteiger partial charge on any atom is -0.432 e. The number of fused-ring (bicyclic) bond motifs is 1. The van der Waals surface area contributed by atoms with E-state index in [9.17, 15) is 13.6 Å². The van der Waals surface area contributed by atoms with Crippen LogP contribution in [0.3, 0.4) is 0 Å². The number of nitriles is 1. The predicted molar refractivity (Wildman–Crippen MR) is 118 cm³/mol. The molecule has 4 aromatic rings. The van der Waals surface area contributed by atoms with Crippen LogP contribution in [-0.2, 0) is 6.54 Å². The van der Waals surface area contributed by atoms with Crippen LogP contribution in [-0.4, -0.2) is 39.1 Å². The highest BCUT2D eigenvalue weighted by molar-refractivity contribution is 5.95. The minimum atomic E-state index is -3.46. The summed E-state index contributed by atoms with van der Waals surface area (Å²) in [5.74, 6) is -0.540. The molecule has 0 aliphatic heterocycles. The number of carbonyl (C=O) groups excluding carboxylic acids is 1. The number of hydrogen-bond donors (Lipinski definition) is 1. The van der Waals surface area contributed by atoms with Gasteiger partial charge in [-0.3, -0.25) is 14.9 Å². The highest BCUT2D eigenvalue weighted by Crippen LogP contribution is 2.35.